The molecule has 0 aliphatic rings. The van der Waals surface area contributed by atoms with E-state index >= 15 is 0 Å². The number of anilines is 1. The van der Waals surface area contributed by atoms with Crippen LogP contribution in [0.25, 0.3) is 11.1 Å². The Morgan fingerprint density at radius 2 is 2.19 bits per heavy atom. The molecule has 2 N–H and O–H groups in total. The average molecular weight is 523 g/mol. The summed E-state index contributed by atoms with van der Waals surface area (Å²) in [6.45, 7) is 7.11. The fourth-order valence-corrected chi connectivity index (χ4v) is 4.04. The summed E-state index contributed by atoms with van der Waals surface area (Å²) in [5.41, 5.74) is 0.169. The van der Waals surface area contributed by atoms with Crippen molar-refractivity contribution in [1.29, 1.82) is 0 Å². The van der Waals surface area contributed by atoms with E-state index in [1.807, 2.05) is 17.5 Å². The second-order valence-electron chi connectivity index (χ2n) is 8.12. The van der Waals surface area contributed by atoms with E-state index in [1.54, 1.807) is 32.1 Å². The number of terminal acetylenes is 1. The Hall–Kier alpha value is -2.64. The highest BCUT2D eigenvalue weighted by molar-refractivity contribution is 9.10. The van der Waals surface area contributed by atoms with Gasteiger partial charge >= 0.3 is 6.09 Å². The molecule has 0 spiro atoms. The maximum atomic E-state index is 14.3. The largest absolute Gasteiger partial charge is 0.454 e. The normalized spacial score (nSPS) is 13.4. The minimum Gasteiger partial charge on any atom is -0.454 e. The van der Waals surface area contributed by atoms with Crippen LogP contribution in [0.1, 0.15) is 44.2 Å². The van der Waals surface area contributed by atoms with E-state index in [1.165, 1.54) is 6.92 Å². The van der Waals surface area contributed by atoms with Gasteiger partial charge in [0.2, 0.25) is 5.82 Å². The van der Waals surface area contributed by atoms with Crippen LogP contribution in [0, 0.1) is 12.3 Å². The number of furan rings is 1. The molecule has 170 valence electrons. The van der Waals surface area contributed by atoms with Crippen molar-refractivity contribution in [3.63, 3.8) is 0 Å². The lowest BCUT2D eigenvalue weighted by Gasteiger charge is -2.24. The number of alkyl halides is 1. The number of halogens is 2. The fraction of sp³-hybridized carbons (Fsp3) is 0.409. The van der Waals surface area contributed by atoms with Gasteiger partial charge in [-0.2, -0.15) is 4.98 Å². The summed E-state index contributed by atoms with van der Waals surface area (Å²) in [5.74, 6) is 3.48. The second kappa shape index (κ2) is 9.88. The molecule has 32 heavy (non-hydrogen) atoms. The number of thiophene rings is 1. The van der Waals surface area contributed by atoms with Crippen molar-refractivity contribution in [3.05, 3.63) is 38.4 Å². The third kappa shape index (κ3) is 5.99. The van der Waals surface area contributed by atoms with E-state index in [9.17, 15) is 9.18 Å². The number of nitrogens with zero attached hydrogens (tertiary/aromatic N) is 2. The molecule has 7 nitrogen and oxygen atoms in total. The Labute approximate surface area is 198 Å². The zero-order chi connectivity index (χ0) is 23.5. The van der Waals surface area contributed by atoms with Gasteiger partial charge in [0, 0.05) is 11.3 Å². The summed E-state index contributed by atoms with van der Waals surface area (Å²) in [6.07, 6.45) is 3.54. The van der Waals surface area contributed by atoms with Crippen LogP contribution in [0.2, 0.25) is 0 Å². The Bertz CT molecular complexity index is 1130. The van der Waals surface area contributed by atoms with Gasteiger partial charge in [-0.05, 0) is 61.0 Å². The number of fused-ring (bicyclic) bond motifs is 1. The lowest BCUT2D eigenvalue weighted by atomic mass is 10.1. The van der Waals surface area contributed by atoms with E-state index in [0.717, 1.165) is 4.88 Å². The summed E-state index contributed by atoms with van der Waals surface area (Å²) in [6, 6.07) is 3.09. The number of hydrogen-bond acceptors (Lipinski definition) is 7. The molecule has 2 unspecified atom stereocenters. The lowest BCUT2D eigenvalue weighted by Crippen LogP contribution is -2.44. The van der Waals surface area contributed by atoms with Gasteiger partial charge in [-0.15, -0.1) is 17.8 Å². The minimum absolute atomic E-state index is 0.0730. The summed E-state index contributed by atoms with van der Waals surface area (Å²) < 4.78 is 26.1. The van der Waals surface area contributed by atoms with Gasteiger partial charge < -0.3 is 19.8 Å². The number of hydrogen-bond donors (Lipinski definition) is 2. The van der Waals surface area contributed by atoms with Gasteiger partial charge in [0.1, 0.15) is 23.0 Å². The first-order valence-electron chi connectivity index (χ1n) is 9.92. The van der Waals surface area contributed by atoms with Crippen molar-refractivity contribution < 1.29 is 18.3 Å². The topological polar surface area (TPSA) is 89.3 Å². The number of nitrogens with one attached hydrogen (secondary N) is 2. The highest BCUT2D eigenvalue weighted by atomic mass is 79.9. The van der Waals surface area contributed by atoms with E-state index in [2.05, 4.69) is 42.5 Å². The quantitative estimate of drug-likeness (QED) is 0.402. The van der Waals surface area contributed by atoms with Crippen molar-refractivity contribution in [2.45, 2.75) is 58.5 Å². The molecule has 0 saturated heterocycles. The van der Waals surface area contributed by atoms with Crippen LogP contribution in [-0.2, 0) is 17.7 Å². The standard InChI is InChI=1S/C22H24BrFN4O3S/c1-6-16-27-18-17(23)15(10-14(12(2)24)26-21(29)31-22(3,4)5)30-19(18)20(28-16)25-11-13-8-7-9-32-13/h1,7-9,12,14H,10-11H2,2-5H3,(H,26,29)(H,25,27,28). The molecular formula is C22H24BrFN4O3S. The first-order valence-corrected chi connectivity index (χ1v) is 11.6. The number of alkyl carbamates (subject to hydrolysis) is 1. The molecule has 3 rings (SSSR count). The molecule has 0 radical (unpaired) electrons. The molecule has 0 aromatic carbocycles. The van der Waals surface area contributed by atoms with Crippen LogP contribution >= 0.6 is 27.3 Å². The average Bonchev–Trinajstić information content (AvgIpc) is 3.33. The zero-order valence-electron chi connectivity index (χ0n) is 18.2. The van der Waals surface area contributed by atoms with Gasteiger partial charge in [0.05, 0.1) is 17.1 Å². The van der Waals surface area contributed by atoms with Crippen molar-refractivity contribution in [1.82, 2.24) is 15.3 Å². The maximum Gasteiger partial charge on any atom is 0.407 e. The van der Waals surface area contributed by atoms with Crippen LogP contribution < -0.4 is 10.6 Å². The van der Waals surface area contributed by atoms with Crippen LogP contribution in [0.5, 0.6) is 0 Å². The molecule has 3 aromatic heterocycles. The Morgan fingerprint density at radius 3 is 2.78 bits per heavy atom. The molecule has 0 saturated carbocycles. The molecule has 0 bridgehead atoms. The highest BCUT2D eigenvalue weighted by Gasteiger charge is 2.27. The summed E-state index contributed by atoms with van der Waals surface area (Å²) in [5, 5.41) is 7.78. The smallest absolute Gasteiger partial charge is 0.407 e. The molecule has 1 amide bonds. The van der Waals surface area contributed by atoms with Gasteiger partial charge in [-0.3, -0.25) is 0 Å². The van der Waals surface area contributed by atoms with E-state index in [-0.39, 0.29) is 12.2 Å². The van der Waals surface area contributed by atoms with Crippen molar-refractivity contribution in [3.8, 4) is 12.3 Å². The first-order chi connectivity index (χ1) is 15.1. The number of carbonyl (C=O) groups is 1. The number of aromatic nitrogens is 2. The Balaban J connectivity index is 1.89. The van der Waals surface area contributed by atoms with E-state index in [4.69, 9.17) is 15.6 Å². The van der Waals surface area contributed by atoms with Crippen molar-refractivity contribution in [2.24, 2.45) is 0 Å². The number of amides is 1. The molecule has 2 atom stereocenters. The minimum atomic E-state index is -1.36. The molecule has 10 heteroatoms. The molecule has 3 aromatic rings. The fourth-order valence-electron chi connectivity index (χ4n) is 2.88. The number of ether oxygens (including phenoxy) is 1. The Kier molecular flexibility index (Phi) is 7.41. The first kappa shape index (κ1) is 24.0. The van der Waals surface area contributed by atoms with Gasteiger partial charge in [-0.25, -0.2) is 14.2 Å². The van der Waals surface area contributed by atoms with E-state index in [0.29, 0.717) is 33.7 Å². The molecular weight excluding hydrogens is 499 g/mol. The summed E-state index contributed by atoms with van der Waals surface area (Å²) in [7, 11) is 0. The Morgan fingerprint density at radius 1 is 1.44 bits per heavy atom. The van der Waals surface area contributed by atoms with Crippen LogP contribution in [0.15, 0.2) is 26.4 Å². The summed E-state index contributed by atoms with van der Waals surface area (Å²) >= 11 is 5.09. The second-order valence-corrected chi connectivity index (χ2v) is 9.95. The summed E-state index contributed by atoms with van der Waals surface area (Å²) in [4.78, 5) is 22.0. The number of rotatable bonds is 7. The SMILES string of the molecule is C#Cc1nc(NCc2cccs2)c2oc(CC(NC(=O)OC(C)(C)C)C(C)F)c(Br)c2n1. The highest BCUT2D eigenvalue weighted by Crippen LogP contribution is 2.34. The maximum absolute atomic E-state index is 14.3. The third-order valence-electron chi connectivity index (χ3n) is 4.34. The molecule has 0 aliphatic heterocycles. The molecule has 3 heterocycles. The van der Waals surface area contributed by atoms with Gasteiger partial charge in [0.15, 0.2) is 11.4 Å². The van der Waals surface area contributed by atoms with Gasteiger partial charge in [-0.1, -0.05) is 6.07 Å². The number of carbonyl (C=O) groups excluding carboxylic acids is 1. The lowest BCUT2D eigenvalue weighted by molar-refractivity contribution is 0.0476. The van der Waals surface area contributed by atoms with Crippen LogP contribution in [0.4, 0.5) is 15.0 Å². The van der Waals surface area contributed by atoms with Crippen molar-refractivity contribution in [2.75, 3.05) is 5.32 Å². The van der Waals surface area contributed by atoms with Crippen LogP contribution in [0.3, 0.4) is 0 Å². The zero-order valence-corrected chi connectivity index (χ0v) is 20.6. The van der Waals surface area contributed by atoms with E-state index < -0.39 is 23.9 Å². The third-order valence-corrected chi connectivity index (χ3v) is 6.04. The monoisotopic (exact) mass is 522 g/mol. The van der Waals surface area contributed by atoms with Crippen LogP contribution in [-0.4, -0.2) is 33.9 Å². The van der Waals surface area contributed by atoms with Crippen molar-refractivity contribution >= 4 is 50.3 Å². The predicted octanol–water partition coefficient (Wildman–Crippen LogP) is 5.43. The molecule has 0 fully saturated rings. The van der Waals surface area contributed by atoms with Gasteiger partial charge in [0.25, 0.3) is 0 Å². The molecule has 0 aliphatic carbocycles. The predicted molar refractivity (Wildman–Crippen MR) is 127 cm³/mol.